The summed E-state index contributed by atoms with van der Waals surface area (Å²) in [6.45, 7) is 13.4. The lowest BCUT2D eigenvalue weighted by atomic mass is 9.79. The third-order valence-corrected chi connectivity index (χ3v) is 4.66. The molecular weight excluding hydrogens is 232 g/mol. The number of nitrogens with zero attached hydrogens (tertiary/aromatic N) is 1. The summed E-state index contributed by atoms with van der Waals surface area (Å²) in [5.74, 6) is 0.641. The molecule has 19 heavy (non-hydrogen) atoms. The molecule has 2 heteroatoms. The van der Waals surface area contributed by atoms with E-state index in [-0.39, 0.29) is 5.54 Å². The molecule has 1 heterocycles. The molecule has 2 rings (SSSR count). The van der Waals surface area contributed by atoms with Crippen LogP contribution in [0.4, 0.5) is 5.69 Å². The number of fused-ring (bicyclic) bond motifs is 1. The summed E-state index contributed by atoms with van der Waals surface area (Å²) < 4.78 is 0. The van der Waals surface area contributed by atoms with Crippen LogP contribution in [0.5, 0.6) is 0 Å². The van der Waals surface area contributed by atoms with E-state index in [0.717, 1.165) is 13.1 Å². The molecular formula is C17H28N2. The van der Waals surface area contributed by atoms with Crippen molar-refractivity contribution in [3.63, 3.8) is 0 Å². The molecule has 0 radical (unpaired) electrons. The molecule has 0 aliphatic carbocycles. The molecule has 2 nitrogen and oxygen atoms in total. The van der Waals surface area contributed by atoms with Gasteiger partial charge in [-0.3, -0.25) is 0 Å². The third kappa shape index (κ3) is 2.64. The predicted molar refractivity (Wildman–Crippen MR) is 84.1 cm³/mol. The first-order chi connectivity index (χ1) is 8.86. The predicted octanol–water partition coefficient (Wildman–Crippen LogP) is 3.83. The van der Waals surface area contributed by atoms with E-state index in [1.807, 2.05) is 0 Å². The fourth-order valence-electron chi connectivity index (χ4n) is 3.21. The highest BCUT2D eigenvalue weighted by Crippen LogP contribution is 2.43. The van der Waals surface area contributed by atoms with Crippen molar-refractivity contribution in [2.45, 2.75) is 59.0 Å². The Labute approximate surface area is 118 Å². The summed E-state index contributed by atoms with van der Waals surface area (Å²) in [5, 5.41) is 3.44. The van der Waals surface area contributed by atoms with Gasteiger partial charge < -0.3 is 10.2 Å². The van der Waals surface area contributed by atoms with E-state index in [0.29, 0.717) is 5.92 Å². The Morgan fingerprint density at radius 3 is 2.68 bits per heavy atom. The van der Waals surface area contributed by atoms with Crippen molar-refractivity contribution in [1.29, 1.82) is 0 Å². The molecule has 0 amide bonds. The number of nitrogens with one attached hydrogen (secondary N) is 1. The zero-order valence-corrected chi connectivity index (χ0v) is 13.3. The van der Waals surface area contributed by atoms with E-state index in [9.17, 15) is 0 Å². The lowest BCUT2D eigenvalue weighted by Gasteiger charge is -2.45. The van der Waals surface area contributed by atoms with Gasteiger partial charge in [0.2, 0.25) is 0 Å². The molecule has 0 saturated heterocycles. The van der Waals surface area contributed by atoms with Crippen LogP contribution < -0.4 is 10.2 Å². The summed E-state index contributed by atoms with van der Waals surface area (Å²) in [7, 11) is 2.23. The van der Waals surface area contributed by atoms with E-state index in [1.54, 1.807) is 0 Å². The van der Waals surface area contributed by atoms with Gasteiger partial charge in [-0.05, 0) is 62.4 Å². The van der Waals surface area contributed by atoms with E-state index >= 15 is 0 Å². The van der Waals surface area contributed by atoms with E-state index in [4.69, 9.17) is 0 Å². The van der Waals surface area contributed by atoms with Gasteiger partial charge in [0, 0.05) is 24.8 Å². The number of aryl methyl sites for hydroxylation is 1. The minimum absolute atomic E-state index is 0.252. The van der Waals surface area contributed by atoms with Crippen LogP contribution in [0.3, 0.4) is 0 Å². The molecule has 0 saturated carbocycles. The zero-order chi connectivity index (χ0) is 14.2. The Morgan fingerprint density at radius 1 is 1.37 bits per heavy atom. The average molecular weight is 260 g/mol. The highest BCUT2D eigenvalue weighted by Gasteiger charge is 2.34. The summed E-state index contributed by atoms with van der Waals surface area (Å²) in [5.41, 5.74) is 6.03. The van der Waals surface area contributed by atoms with Gasteiger partial charge >= 0.3 is 0 Å². The SMILES string of the molecule is CCNCc1cc2c(cc1C)N(C)C(C)(C)CC2C. The molecule has 1 aliphatic rings. The van der Waals surface area contributed by atoms with Gasteiger partial charge in [-0.1, -0.05) is 19.9 Å². The van der Waals surface area contributed by atoms with Crippen molar-refractivity contribution >= 4 is 5.69 Å². The van der Waals surface area contributed by atoms with Crippen LogP contribution in [0.1, 0.15) is 56.7 Å². The smallest absolute Gasteiger partial charge is 0.0406 e. The van der Waals surface area contributed by atoms with Crippen LogP contribution in [0.2, 0.25) is 0 Å². The maximum atomic E-state index is 3.44. The van der Waals surface area contributed by atoms with Crippen molar-refractivity contribution < 1.29 is 0 Å². The quantitative estimate of drug-likeness (QED) is 0.888. The van der Waals surface area contributed by atoms with Crippen LogP contribution in [0.15, 0.2) is 12.1 Å². The van der Waals surface area contributed by atoms with Gasteiger partial charge in [0.15, 0.2) is 0 Å². The standard InChI is InChI=1S/C17H28N2/c1-7-18-11-14-9-15-13(3)10-17(4,5)19(6)16(15)8-12(14)2/h8-9,13,18H,7,10-11H2,1-6H3. The Kier molecular flexibility index (Phi) is 3.91. The lowest BCUT2D eigenvalue weighted by molar-refractivity contribution is 0.395. The van der Waals surface area contributed by atoms with E-state index in [1.165, 1.54) is 28.8 Å². The van der Waals surface area contributed by atoms with Crippen molar-refractivity contribution in [3.05, 3.63) is 28.8 Å². The van der Waals surface area contributed by atoms with Crippen molar-refractivity contribution in [2.24, 2.45) is 0 Å². The van der Waals surface area contributed by atoms with Crippen molar-refractivity contribution in [3.8, 4) is 0 Å². The third-order valence-electron chi connectivity index (χ3n) is 4.66. The van der Waals surface area contributed by atoms with Crippen LogP contribution in [-0.4, -0.2) is 19.1 Å². The molecule has 1 N–H and O–H groups in total. The minimum Gasteiger partial charge on any atom is -0.369 e. The van der Waals surface area contributed by atoms with Crippen LogP contribution in [-0.2, 0) is 6.54 Å². The molecule has 1 aromatic carbocycles. The normalized spacial score (nSPS) is 21.4. The first-order valence-corrected chi connectivity index (χ1v) is 7.44. The highest BCUT2D eigenvalue weighted by molar-refractivity contribution is 5.62. The first kappa shape index (κ1) is 14.4. The van der Waals surface area contributed by atoms with Gasteiger partial charge in [-0.2, -0.15) is 0 Å². The number of benzene rings is 1. The Bertz CT molecular complexity index is 463. The van der Waals surface area contributed by atoms with E-state index in [2.05, 4.69) is 64.0 Å². The largest absolute Gasteiger partial charge is 0.369 e. The summed E-state index contributed by atoms with van der Waals surface area (Å²) >= 11 is 0. The highest BCUT2D eigenvalue weighted by atomic mass is 15.2. The van der Waals surface area contributed by atoms with Crippen molar-refractivity contribution in [2.75, 3.05) is 18.5 Å². The molecule has 1 aromatic rings. The summed E-state index contributed by atoms with van der Waals surface area (Å²) in [4.78, 5) is 2.45. The van der Waals surface area contributed by atoms with Gasteiger partial charge in [-0.25, -0.2) is 0 Å². The maximum Gasteiger partial charge on any atom is 0.0406 e. The molecule has 0 bridgehead atoms. The first-order valence-electron chi connectivity index (χ1n) is 7.44. The number of hydrogen-bond donors (Lipinski definition) is 1. The number of rotatable bonds is 3. The summed E-state index contributed by atoms with van der Waals surface area (Å²) in [6.07, 6.45) is 1.22. The second kappa shape index (κ2) is 5.16. The van der Waals surface area contributed by atoms with Gasteiger partial charge in [0.25, 0.3) is 0 Å². The van der Waals surface area contributed by atoms with E-state index < -0.39 is 0 Å². The number of hydrogen-bond acceptors (Lipinski definition) is 2. The Morgan fingerprint density at radius 2 is 2.05 bits per heavy atom. The van der Waals surface area contributed by atoms with Gasteiger partial charge in [-0.15, -0.1) is 0 Å². The topological polar surface area (TPSA) is 15.3 Å². The summed E-state index contributed by atoms with van der Waals surface area (Å²) in [6, 6.07) is 4.79. The molecule has 1 unspecified atom stereocenters. The molecule has 1 atom stereocenters. The van der Waals surface area contributed by atoms with Crippen molar-refractivity contribution in [1.82, 2.24) is 5.32 Å². The molecule has 0 spiro atoms. The maximum absolute atomic E-state index is 3.44. The fourth-order valence-corrected chi connectivity index (χ4v) is 3.21. The molecule has 0 fully saturated rings. The minimum atomic E-state index is 0.252. The number of anilines is 1. The van der Waals surface area contributed by atoms with Gasteiger partial charge in [0.05, 0.1) is 0 Å². The Hall–Kier alpha value is -1.02. The molecule has 1 aliphatic heterocycles. The van der Waals surface area contributed by atoms with Crippen LogP contribution in [0.25, 0.3) is 0 Å². The van der Waals surface area contributed by atoms with Crippen LogP contribution >= 0.6 is 0 Å². The Balaban J connectivity index is 2.43. The fraction of sp³-hybridized carbons (Fsp3) is 0.647. The second-order valence-electron chi connectivity index (χ2n) is 6.59. The van der Waals surface area contributed by atoms with Crippen LogP contribution in [0, 0.1) is 6.92 Å². The average Bonchev–Trinajstić information content (AvgIpc) is 2.34. The molecule has 106 valence electrons. The zero-order valence-electron chi connectivity index (χ0n) is 13.3. The lowest BCUT2D eigenvalue weighted by Crippen LogP contribution is -2.45. The monoisotopic (exact) mass is 260 g/mol. The second-order valence-corrected chi connectivity index (χ2v) is 6.59. The van der Waals surface area contributed by atoms with Gasteiger partial charge in [0.1, 0.15) is 0 Å². The molecule has 0 aromatic heterocycles.